The van der Waals surface area contributed by atoms with Gasteiger partial charge in [-0.05, 0) is 74.2 Å². The number of carbonyl (C=O) groups excluding carboxylic acids is 2. The second-order valence-electron chi connectivity index (χ2n) is 11.3. The van der Waals surface area contributed by atoms with Gasteiger partial charge in [-0.3, -0.25) is 13.9 Å². The number of benzene rings is 3. The predicted molar refractivity (Wildman–Crippen MR) is 165 cm³/mol. The van der Waals surface area contributed by atoms with E-state index in [1.165, 1.54) is 35.2 Å². The van der Waals surface area contributed by atoms with Gasteiger partial charge in [0.15, 0.2) is 11.5 Å². The summed E-state index contributed by atoms with van der Waals surface area (Å²) >= 11 is 0. The zero-order chi connectivity index (χ0) is 31.3. The van der Waals surface area contributed by atoms with Gasteiger partial charge < -0.3 is 19.7 Å². The highest BCUT2D eigenvalue weighted by atomic mass is 32.2. The summed E-state index contributed by atoms with van der Waals surface area (Å²) in [6.07, 6.45) is 4.98. The van der Waals surface area contributed by atoms with E-state index in [9.17, 15) is 22.4 Å². The lowest BCUT2D eigenvalue weighted by Gasteiger charge is -2.33. The average molecular weight is 624 g/mol. The van der Waals surface area contributed by atoms with Gasteiger partial charge in [0.2, 0.25) is 11.8 Å². The minimum atomic E-state index is -4.35. The van der Waals surface area contributed by atoms with Crippen LogP contribution in [0.25, 0.3) is 0 Å². The zero-order valence-electron chi connectivity index (χ0n) is 25.0. The number of hydrogen-bond donors (Lipinski definition) is 1. The van der Waals surface area contributed by atoms with Crippen LogP contribution in [-0.4, -0.2) is 57.0 Å². The zero-order valence-corrected chi connectivity index (χ0v) is 25.8. The Morgan fingerprint density at radius 1 is 0.955 bits per heavy atom. The SMILES string of the molecule is Cc1ccccc1CN(C(=O)CN(c1ccc(F)cc1)S(=O)(=O)c1ccc2c(c1)OCCO2)[C@@H](C)C(=O)NC1CCCCC1. The monoisotopic (exact) mass is 623 g/mol. The summed E-state index contributed by atoms with van der Waals surface area (Å²) in [5.41, 5.74) is 1.87. The van der Waals surface area contributed by atoms with Crippen LogP contribution < -0.4 is 19.1 Å². The number of ether oxygens (including phenoxy) is 2. The molecule has 1 aliphatic heterocycles. The first-order valence-corrected chi connectivity index (χ1v) is 16.4. The molecule has 0 saturated heterocycles. The van der Waals surface area contributed by atoms with E-state index in [0.29, 0.717) is 12.4 Å². The van der Waals surface area contributed by atoms with Crippen LogP contribution in [-0.2, 0) is 26.2 Å². The molecule has 1 atom stereocenters. The van der Waals surface area contributed by atoms with Crippen LogP contribution in [0.3, 0.4) is 0 Å². The van der Waals surface area contributed by atoms with Crippen LogP contribution in [0.15, 0.2) is 71.6 Å². The Hall–Kier alpha value is -4.12. The van der Waals surface area contributed by atoms with E-state index in [4.69, 9.17) is 9.47 Å². The molecule has 11 heteroatoms. The summed E-state index contributed by atoms with van der Waals surface area (Å²) < 4.78 is 54.2. The van der Waals surface area contributed by atoms with Crippen molar-refractivity contribution in [1.82, 2.24) is 10.2 Å². The minimum Gasteiger partial charge on any atom is -0.486 e. The van der Waals surface area contributed by atoms with E-state index in [0.717, 1.165) is 59.7 Å². The minimum absolute atomic E-state index is 0.0420. The molecule has 0 bridgehead atoms. The van der Waals surface area contributed by atoms with Crippen molar-refractivity contribution < 1.29 is 31.9 Å². The number of hydrogen-bond acceptors (Lipinski definition) is 6. The number of fused-ring (bicyclic) bond motifs is 1. The molecule has 0 radical (unpaired) electrons. The Kier molecular flexibility index (Phi) is 9.73. The van der Waals surface area contributed by atoms with Crippen molar-refractivity contribution in [3.05, 3.63) is 83.7 Å². The van der Waals surface area contributed by atoms with Crippen molar-refractivity contribution in [1.29, 1.82) is 0 Å². The highest BCUT2D eigenvalue weighted by molar-refractivity contribution is 7.92. The van der Waals surface area contributed by atoms with Crippen LogP contribution in [0.2, 0.25) is 0 Å². The largest absolute Gasteiger partial charge is 0.486 e. The van der Waals surface area contributed by atoms with Crippen molar-refractivity contribution in [2.45, 2.75) is 69.5 Å². The van der Waals surface area contributed by atoms with E-state index < -0.39 is 34.3 Å². The van der Waals surface area contributed by atoms with Crippen LogP contribution in [0.4, 0.5) is 10.1 Å². The fourth-order valence-electron chi connectivity index (χ4n) is 5.57. The number of rotatable bonds is 10. The van der Waals surface area contributed by atoms with Crippen molar-refractivity contribution in [2.75, 3.05) is 24.1 Å². The summed E-state index contributed by atoms with van der Waals surface area (Å²) in [6.45, 7) is 3.68. The maximum Gasteiger partial charge on any atom is 0.264 e. The van der Waals surface area contributed by atoms with E-state index in [2.05, 4.69) is 5.32 Å². The van der Waals surface area contributed by atoms with Crippen LogP contribution in [0.5, 0.6) is 11.5 Å². The van der Waals surface area contributed by atoms with Crippen molar-refractivity contribution >= 4 is 27.5 Å². The lowest BCUT2D eigenvalue weighted by Crippen LogP contribution is -2.53. The topological polar surface area (TPSA) is 105 Å². The summed E-state index contributed by atoms with van der Waals surface area (Å²) in [7, 11) is -4.35. The molecule has 1 saturated carbocycles. The maximum atomic E-state index is 14.2. The van der Waals surface area contributed by atoms with Gasteiger partial charge in [0.25, 0.3) is 10.0 Å². The molecule has 3 aromatic carbocycles. The smallest absolute Gasteiger partial charge is 0.264 e. The van der Waals surface area contributed by atoms with Crippen molar-refractivity contribution in [2.24, 2.45) is 0 Å². The normalized spacial score (nSPS) is 15.7. The molecule has 9 nitrogen and oxygen atoms in total. The Bertz CT molecular complexity index is 1590. The van der Waals surface area contributed by atoms with Gasteiger partial charge in [0.1, 0.15) is 31.6 Å². The first-order chi connectivity index (χ1) is 21.1. The molecule has 3 aromatic rings. The standard InChI is InChI=1S/C33H38FN3O6S/c1-23-8-6-7-9-25(23)21-36(24(2)33(39)35-27-10-4-3-5-11-27)32(38)22-37(28-14-12-26(34)13-15-28)44(40,41)29-16-17-30-31(20-29)43-19-18-42-30/h6-9,12-17,20,24,27H,3-5,10-11,18-19,21-22H2,1-2H3,(H,35,39)/t24-/m0/s1. The Balaban J connectivity index is 1.48. The van der Waals surface area contributed by atoms with E-state index >= 15 is 0 Å². The number of halogens is 1. The molecule has 0 spiro atoms. The van der Waals surface area contributed by atoms with Gasteiger partial charge in [-0.2, -0.15) is 0 Å². The van der Waals surface area contributed by atoms with Gasteiger partial charge in [-0.15, -0.1) is 0 Å². The number of anilines is 1. The number of amides is 2. The number of nitrogens with one attached hydrogen (secondary N) is 1. The van der Waals surface area contributed by atoms with Gasteiger partial charge in [-0.1, -0.05) is 43.5 Å². The van der Waals surface area contributed by atoms with Gasteiger partial charge in [0.05, 0.1) is 10.6 Å². The fraction of sp³-hybridized carbons (Fsp3) is 0.394. The third-order valence-corrected chi connectivity index (χ3v) is 9.99. The highest BCUT2D eigenvalue weighted by Gasteiger charge is 2.34. The first kappa shape index (κ1) is 31.3. The maximum absolute atomic E-state index is 14.2. The molecular weight excluding hydrogens is 585 g/mol. The Morgan fingerprint density at radius 2 is 1.64 bits per heavy atom. The Morgan fingerprint density at radius 3 is 2.34 bits per heavy atom. The molecule has 1 fully saturated rings. The molecule has 0 aromatic heterocycles. The van der Waals surface area contributed by atoms with E-state index in [1.807, 2.05) is 31.2 Å². The van der Waals surface area contributed by atoms with E-state index in [-0.39, 0.29) is 41.4 Å². The number of carbonyl (C=O) groups is 2. The molecule has 2 aliphatic rings. The third-order valence-electron chi connectivity index (χ3n) is 8.22. The molecule has 1 aliphatic carbocycles. The number of aryl methyl sites for hydroxylation is 1. The molecule has 5 rings (SSSR count). The van der Waals surface area contributed by atoms with Crippen molar-refractivity contribution in [3.63, 3.8) is 0 Å². The number of sulfonamides is 1. The van der Waals surface area contributed by atoms with Gasteiger partial charge in [-0.25, -0.2) is 12.8 Å². The highest BCUT2D eigenvalue weighted by Crippen LogP contribution is 2.34. The first-order valence-electron chi connectivity index (χ1n) is 15.0. The summed E-state index contributed by atoms with van der Waals surface area (Å²) in [5, 5.41) is 3.10. The lowest BCUT2D eigenvalue weighted by molar-refractivity contribution is -0.139. The molecule has 44 heavy (non-hydrogen) atoms. The van der Waals surface area contributed by atoms with Gasteiger partial charge in [0, 0.05) is 18.7 Å². The number of nitrogens with zero attached hydrogens (tertiary/aromatic N) is 2. The second-order valence-corrected chi connectivity index (χ2v) is 13.1. The second kappa shape index (κ2) is 13.7. The molecule has 1 N–H and O–H groups in total. The molecule has 234 valence electrons. The third kappa shape index (κ3) is 7.15. The quantitative estimate of drug-likeness (QED) is 0.342. The van der Waals surface area contributed by atoms with Crippen LogP contribution in [0, 0.1) is 12.7 Å². The van der Waals surface area contributed by atoms with Crippen LogP contribution >= 0.6 is 0 Å². The van der Waals surface area contributed by atoms with Crippen molar-refractivity contribution in [3.8, 4) is 11.5 Å². The molecule has 2 amide bonds. The van der Waals surface area contributed by atoms with Gasteiger partial charge >= 0.3 is 0 Å². The van der Waals surface area contributed by atoms with E-state index in [1.54, 1.807) is 6.92 Å². The summed E-state index contributed by atoms with van der Waals surface area (Å²) in [5.74, 6) is -0.725. The molecule has 1 heterocycles. The molecule has 0 unspecified atom stereocenters. The fourth-order valence-corrected chi connectivity index (χ4v) is 7.00. The predicted octanol–water partition coefficient (Wildman–Crippen LogP) is 4.97. The van der Waals surface area contributed by atoms with Crippen LogP contribution in [0.1, 0.15) is 50.2 Å². The Labute approximate surface area is 258 Å². The summed E-state index contributed by atoms with van der Waals surface area (Å²) in [4.78, 5) is 29.0. The molecular formula is C33H38FN3O6S. The summed E-state index contributed by atoms with van der Waals surface area (Å²) in [6, 6.07) is 15.8. The lowest BCUT2D eigenvalue weighted by atomic mass is 9.95. The average Bonchev–Trinajstić information content (AvgIpc) is 3.03.